The molecule has 2 aromatic rings. The Morgan fingerprint density at radius 2 is 1.64 bits per heavy atom. The van der Waals surface area contributed by atoms with Gasteiger partial charge in [0.15, 0.2) is 0 Å². The summed E-state index contributed by atoms with van der Waals surface area (Å²) in [6.45, 7) is 2.53. The van der Waals surface area contributed by atoms with Gasteiger partial charge >= 0.3 is 0 Å². The number of benzene rings is 1. The molecule has 2 aliphatic rings. The van der Waals surface area contributed by atoms with Crippen LogP contribution in [0.4, 0.5) is 0 Å². The van der Waals surface area contributed by atoms with Crippen LogP contribution < -0.4 is 5.32 Å². The van der Waals surface area contributed by atoms with Crippen molar-refractivity contribution in [3.63, 3.8) is 0 Å². The first-order valence-corrected chi connectivity index (χ1v) is 10.4. The Bertz CT molecular complexity index is 838. The van der Waals surface area contributed by atoms with Crippen LogP contribution in [-0.4, -0.2) is 45.9 Å². The molecule has 0 spiro atoms. The summed E-state index contributed by atoms with van der Waals surface area (Å²) in [5.41, 5.74) is 2.50. The maximum absolute atomic E-state index is 12.9. The maximum atomic E-state index is 12.9. The number of likely N-dealkylation sites (tertiary alicyclic amines) is 1. The topological polar surface area (TPSA) is 67.2 Å². The summed E-state index contributed by atoms with van der Waals surface area (Å²) < 4.78 is 2.20. The van der Waals surface area contributed by atoms with Crippen molar-refractivity contribution in [3.05, 3.63) is 41.7 Å². The van der Waals surface area contributed by atoms with Gasteiger partial charge < -0.3 is 14.8 Å². The van der Waals surface area contributed by atoms with Crippen molar-refractivity contribution in [1.29, 1.82) is 0 Å². The summed E-state index contributed by atoms with van der Waals surface area (Å²) >= 11 is 0. The third-order valence-corrected chi connectivity index (χ3v) is 5.72. The van der Waals surface area contributed by atoms with Gasteiger partial charge in [-0.05, 0) is 38.5 Å². The van der Waals surface area contributed by atoms with Crippen molar-refractivity contribution in [1.82, 2.24) is 19.8 Å². The summed E-state index contributed by atoms with van der Waals surface area (Å²) in [4.78, 5) is 31.9. The van der Waals surface area contributed by atoms with Gasteiger partial charge in [0.05, 0.1) is 12.2 Å². The molecule has 3 heterocycles. The van der Waals surface area contributed by atoms with Gasteiger partial charge in [0.1, 0.15) is 11.5 Å². The van der Waals surface area contributed by atoms with Crippen LogP contribution in [0, 0.1) is 0 Å². The molecule has 0 aliphatic carbocycles. The van der Waals surface area contributed by atoms with Crippen LogP contribution in [0.15, 0.2) is 30.3 Å². The fraction of sp³-hybridized carbons (Fsp3) is 0.500. The SMILES string of the molecule is O=C(NCC(=O)N1CCCCC1)c1nc(-c2ccccc2)n2c1CCCCC2. The van der Waals surface area contributed by atoms with E-state index in [1.165, 1.54) is 6.42 Å². The molecule has 2 aliphatic heterocycles. The quantitative estimate of drug-likeness (QED) is 0.887. The smallest absolute Gasteiger partial charge is 0.272 e. The van der Waals surface area contributed by atoms with Gasteiger partial charge in [-0.15, -0.1) is 0 Å². The molecule has 0 saturated carbocycles. The second-order valence-electron chi connectivity index (χ2n) is 7.68. The fourth-order valence-corrected chi connectivity index (χ4v) is 4.20. The van der Waals surface area contributed by atoms with E-state index in [4.69, 9.17) is 4.98 Å². The molecule has 0 unspecified atom stereocenters. The monoisotopic (exact) mass is 380 g/mol. The first-order chi connectivity index (χ1) is 13.7. The highest BCUT2D eigenvalue weighted by molar-refractivity contribution is 5.96. The lowest BCUT2D eigenvalue weighted by Gasteiger charge is -2.26. The zero-order chi connectivity index (χ0) is 19.3. The predicted octanol–water partition coefficient (Wildman–Crippen LogP) is 3.02. The number of hydrogen-bond acceptors (Lipinski definition) is 3. The number of nitrogens with zero attached hydrogens (tertiary/aromatic N) is 3. The van der Waals surface area contributed by atoms with Crippen LogP contribution in [0.25, 0.3) is 11.4 Å². The molecule has 6 heteroatoms. The summed E-state index contributed by atoms with van der Waals surface area (Å²) in [6, 6.07) is 10.0. The van der Waals surface area contributed by atoms with E-state index in [2.05, 4.69) is 9.88 Å². The molecule has 2 amide bonds. The van der Waals surface area contributed by atoms with Crippen molar-refractivity contribution in [2.45, 2.75) is 51.5 Å². The molecule has 6 nitrogen and oxygen atoms in total. The van der Waals surface area contributed by atoms with Gasteiger partial charge in [0.2, 0.25) is 5.91 Å². The first kappa shape index (κ1) is 18.7. The number of carbonyl (C=O) groups is 2. The van der Waals surface area contributed by atoms with E-state index in [-0.39, 0.29) is 18.4 Å². The van der Waals surface area contributed by atoms with Crippen molar-refractivity contribution in [2.75, 3.05) is 19.6 Å². The molecule has 1 N–H and O–H groups in total. The lowest BCUT2D eigenvalue weighted by molar-refractivity contribution is -0.130. The van der Waals surface area contributed by atoms with Gasteiger partial charge in [-0.1, -0.05) is 36.8 Å². The minimum atomic E-state index is -0.238. The van der Waals surface area contributed by atoms with Crippen molar-refractivity contribution < 1.29 is 9.59 Å². The second kappa shape index (κ2) is 8.59. The summed E-state index contributed by atoms with van der Waals surface area (Å²) in [5, 5.41) is 2.83. The molecule has 0 atom stereocenters. The van der Waals surface area contributed by atoms with Gasteiger partial charge in [-0.25, -0.2) is 4.98 Å². The molecular weight excluding hydrogens is 352 g/mol. The zero-order valence-electron chi connectivity index (χ0n) is 16.3. The van der Waals surface area contributed by atoms with E-state index in [0.717, 1.165) is 75.2 Å². The molecule has 28 heavy (non-hydrogen) atoms. The Hall–Kier alpha value is -2.63. The predicted molar refractivity (Wildman–Crippen MR) is 108 cm³/mol. The number of amides is 2. The molecule has 0 bridgehead atoms. The third-order valence-electron chi connectivity index (χ3n) is 5.72. The van der Waals surface area contributed by atoms with Gasteiger partial charge in [0, 0.05) is 25.2 Å². The van der Waals surface area contributed by atoms with Crippen molar-refractivity contribution in [2.24, 2.45) is 0 Å². The Kier molecular flexibility index (Phi) is 5.74. The Balaban J connectivity index is 1.54. The molecule has 1 fully saturated rings. The van der Waals surface area contributed by atoms with Crippen molar-refractivity contribution in [3.8, 4) is 11.4 Å². The largest absolute Gasteiger partial charge is 0.342 e. The number of nitrogens with one attached hydrogen (secondary N) is 1. The summed E-state index contributed by atoms with van der Waals surface area (Å²) in [6.07, 6.45) is 7.44. The van der Waals surface area contributed by atoms with E-state index in [1.807, 2.05) is 35.2 Å². The normalized spacial score (nSPS) is 16.9. The highest BCUT2D eigenvalue weighted by atomic mass is 16.2. The average molecular weight is 380 g/mol. The summed E-state index contributed by atoms with van der Waals surface area (Å²) in [5.74, 6) is 0.616. The van der Waals surface area contributed by atoms with Gasteiger partial charge in [-0.3, -0.25) is 9.59 Å². The average Bonchev–Trinajstić information content (AvgIpc) is 2.94. The van der Waals surface area contributed by atoms with Crippen LogP contribution in [0.1, 0.15) is 54.7 Å². The molecular formula is C22H28N4O2. The zero-order valence-corrected chi connectivity index (χ0v) is 16.3. The van der Waals surface area contributed by atoms with E-state index in [1.54, 1.807) is 0 Å². The van der Waals surface area contributed by atoms with Gasteiger partial charge in [0.25, 0.3) is 5.91 Å². The van der Waals surface area contributed by atoms with E-state index in [0.29, 0.717) is 5.69 Å². The Morgan fingerprint density at radius 1 is 0.929 bits per heavy atom. The molecule has 148 valence electrons. The minimum Gasteiger partial charge on any atom is -0.342 e. The van der Waals surface area contributed by atoms with Crippen LogP contribution >= 0.6 is 0 Å². The Morgan fingerprint density at radius 3 is 2.43 bits per heavy atom. The van der Waals surface area contributed by atoms with Crippen LogP contribution in [0.3, 0.4) is 0 Å². The van der Waals surface area contributed by atoms with E-state index >= 15 is 0 Å². The minimum absolute atomic E-state index is 0.00151. The van der Waals surface area contributed by atoms with Crippen LogP contribution in [0.2, 0.25) is 0 Å². The number of hydrogen-bond donors (Lipinski definition) is 1. The molecule has 1 aromatic heterocycles. The second-order valence-corrected chi connectivity index (χ2v) is 7.68. The number of fused-ring (bicyclic) bond motifs is 1. The van der Waals surface area contributed by atoms with Crippen molar-refractivity contribution >= 4 is 11.8 Å². The number of rotatable bonds is 4. The standard InChI is InChI=1S/C22H28N4O2/c27-19(25-13-7-3-8-14-25)16-23-22(28)20-18-12-6-2-9-15-26(18)21(24-20)17-10-4-1-5-11-17/h1,4-5,10-11H,2-3,6-9,12-16H2,(H,23,28). The van der Waals surface area contributed by atoms with Crippen LogP contribution in [-0.2, 0) is 17.8 Å². The molecule has 4 rings (SSSR count). The molecule has 1 aromatic carbocycles. The van der Waals surface area contributed by atoms with E-state index in [9.17, 15) is 9.59 Å². The Labute approximate surface area is 165 Å². The number of aromatic nitrogens is 2. The highest BCUT2D eigenvalue weighted by Crippen LogP contribution is 2.27. The number of carbonyl (C=O) groups excluding carboxylic acids is 2. The lowest BCUT2D eigenvalue weighted by Crippen LogP contribution is -2.42. The highest BCUT2D eigenvalue weighted by Gasteiger charge is 2.25. The van der Waals surface area contributed by atoms with Gasteiger partial charge in [-0.2, -0.15) is 0 Å². The summed E-state index contributed by atoms with van der Waals surface area (Å²) in [7, 11) is 0. The number of piperidine rings is 1. The number of imidazole rings is 1. The third kappa shape index (κ3) is 3.96. The molecule has 0 radical (unpaired) electrons. The first-order valence-electron chi connectivity index (χ1n) is 10.4. The van der Waals surface area contributed by atoms with Crippen LogP contribution in [0.5, 0.6) is 0 Å². The maximum Gasteiger partial charge on any atom is 0.272 e. The fourth-order valence-electron chi connectivity index (χ4n) is 4.20. The lowest BCUT2D eigenvalue weighted by atomic mass is 10.1. The van der Waals surface area contributed by atoms with E-state index < -0.39 is 0 Å². The molecule has 1 saturated heterocycles.